The molecule has 0 saturated carbocycles. The summed E-state index contributed by atoms with van der Waals surface area (Å²) < 4.78 is 17.1. The van der Waals surface area contributed by atoms with Crippen LogP contribution in [-0.2, 0) is 9.59 Å². The predicted molar refractivity (Wildman–Crippen MR) is 108 cm³/mol. The Morgan fingerprint density at radius 1 is 0.889 bits per heavy atom. The van der Waals surface area contributed by atoms with E-state index in [0.29, 0.717) is 49.1 Å². The van der Waals surface area contributed by atoms with E-state index in [4.69, 9.17) is 14.2 Å². The van der Waals surface area contributed by atoms with Crippen LogP contribution in [0.25, 0.3) is 6.08 Å². The molecular weight excluding hydrogens is 344 g/mol. The number of ketones is 2. The lowest BCUT2D eigenvalue weighted by atomic mass is 9.99. The molecule has 0 unspecified atom stereocenters. The van der Waals surface area contributed by atoms with Gasteiger partial charge in [0.15, 0.2) is 23.1 Å². The molecule has 5 heteroatoms. The van der Waals surface area contributed by atoms with E-state index in [1.165, 1.54) is 6.92 Å². The van der Waals surface area contributed by atoms with Crippen molar-refractivity contribution in [2.75, 3.05) is 19.8 Å². The molecule has 5 nitrogen and oxygen atoms in total. The van der Waals surface area contributed by atoms with Crippen molar-refractivity contribution in [3.8, 4) is 17.2 Å². The molecule has 0 saturated heterocycles. The third-order valence-electron chi connectivity index (χ3n) is 3.93. The fourth-order valence-corrected chi connectivity index (χ4v) is 2.71. The summed E-state index contributed by atoms with van der Waals surface area (Å²) in [6.07, 6.45) is 4.80. The van der Waals surface area contributed by atoms with Crippen molar-refractivity contribution in [1.29, 1.82) is 0 Å². The summed E-state index contributed by atoms with van der Waals surface area (Å²) in [6, 6.07) is 3.55. The minimum Gasteiger partial charge on any atom is -0.490 e. The second-order valence-electron chi connectivity index (χ2n) is 6.14. The molecule has 0 fully saturated rings. The fourth-order valence-electron chi connectivity index (χ4n) is 2.71. The summed E-state index contributed by atoms with van der Waals surface area (Å²) in [6.45, 7) is 10.6. The zero-order chi connectivity index (χ0) is 20.2. The Bertz CT molecular complexity index is 634. The lowest BCUT2D eigenvalue weighted by Gasteiger charge is -2.16. The zero-order valence-corrected chi connectivity index (χ0v) is 17.2. The maximum atomic E-state index is 12.5. The zero-order valence-electron chi connectivity index (χ0n) is 17.2. The fraction of sp³-hybridized carbons (Fsp3) is 0.545. The van der Waals surface area contributed by atoms with Gasteiger partial charge in [-0.3, -0.25) is 9.59 Å². The van der Waals surface area contributed by atoms with Gasteiger partial charge in [-0.15, -0.1) is 0 Å². The average Bonchev–Trinajstić information content (AvgIpc) is 2.62. The number of hydrogen-bond acceptors (Lipinski definition) is 5. The van der Waals surface area contributed by atoms with Crippen LogP contribution in [0.4, 0.5) is 0 Å². The molecule has 150 valence electrons. The Kier molecular flexibility index (Phi) is 10.2. The molecule has 0 atom stereocenters. The number of carbonyl (C=O) groups is 2. The van der Waals surface area contributed by atoms with E-state index in [0.717, 1.165) is 19.3 Å². The molecule has 0 amide bonds. The van der Waals surface area contributed by atoms with E-state index in [2.05, 4.69) is 6.92 Å². The van der Waals surface area contributed by atoms with Crippen molar-refractivity contribution in [2.45, 2.75) is 60.3 Å². The number of carbonyl (C=O) groups excluding carboxylic acids is 2. The molecule has 0 aromatic heterocycles. The number of allylic oxidation sites excluding steroid dienone is 1. The maximum absolute atomic E-state index is 12.5. The maximum Gasteiger partial charge on any atom is 0.203 e. The van der Waals surface area contributed by atoms with Gasteiger partial charge in [0.25, 0.3) is 0 Å². The molecule has 0 radical (unpaired) electrons. The highest BCUT2D eigenvalue weighted by atomic mass is 16.5. The topological polar surface area (TPSA) is 61.8 Å². The van der Waals surface area contributed by atoms with Crippen LogP contribution in [0.2, 0.25) is 0 Å². The van der Waals surface area contributed by atoms with Crippen LogP contribution in [0.15, 0.2) is 17.7 Å². The van der Waals surface area contributed by atoms with Gasteiger partial charge in [-0.1, -0.05) is 19.8 Å². The Labute approximate surface area is 162 Å². The molecule has 1 aromatic rings. The standard InChI is InChI=1S/C22H32O5/c1-6-10-11-12-19(24)18(16(5)23)13-17-14-20(25-7-2)22(27-9-4)21(15-17)26-8-3/h13-15H,6-12H2,1-5H3/b18-13+. The van der Waals surface area contributed by atoms with E-state index in [1.807, 2.05) is 20.8 Å². The van der Waals surface area contributed by atoms with Crippen LogP contribution in [0.1, 0.15) is 65.9 Å². The van der Waals surface area contributed by atoms with E-state index in [1.54, 1.807) is 18.2 Å². The highest BCUT2D eigenvalue weighted by molar-refractivity contribution is 6.22. The second kappa shape index (κ2) is 12.2. The molecule has 27 heavy (non-hydrogen) atoms. The van der Waals surface area contributed by atoms with Gasteiger partial charge in [0.05, 0.1) is 25.4 Å². The first kappa shape index (κ1) is 22.7. The van der Waals surface area contributed by atoms with Gasteiger partial charge in [0, 0.05) is 6.42 Å². The molecule has 0 aliphatic rings. The molecule has 0 aliphatic heterocycles. The molecular formula is C22H32O5. The third-order valence-corrected chi connectivity index (χ3v) is 3.93. The Balaban J connectivity index is 3.32. The summed E-state index contributed by atoms with van der Waals surface area (Å²) in [4.78, 5) is 24.5. The number of Topliss-reactive ketones (excluding diaryl/α,β-unsaturated/α-hetero) is 2. The summed E-state index contributed by atoms with van der Waals surface area (Å²) in [5.74, 6) is 1.26. The van der Waals surface area contributed by atoms with Gasteiger partial charge in [0.2, 0.25) is 5.75 Å². The minimum absolute atomic E-state index is 0.124. The summed E-state index contributed by atoms with van der Waals surface area (Å²) in [5.41, 5.74) is 0.888. The van der Waals surface area contributed by atoms with E-state index < -0.39 is 0 Å². The summed E-state index contributed by atoms with van der Waals surface area (Å²) >= 11 is 0. The van der Waals surface area contributed by atoms with Crippen LogP contribution in [-0.4, -0.2) is 31.4 Å². The average molecular weight is 376 g/mol. The highest BCUT2D eigenvalue weighted by Crippen LogP contribution is 2.39. The molecule has 1 rings (SSSR count). The number of benzene rings is 1. The summed E-state index contributed by atoms with van der Waals surface area (Å²) in [7, 11) is 0. The van der Waals surface area contributed by atoms with Crippen molar-refractivity contribution in [3.05, 3.63) is 23.3 Å². The predicted octanol–water partition coefficient (Wildman–Crippen LogP) is 5.00. The first-order valence-corrected chi connectivity index (χ1v) is 9.80. The lowest BCUT2D eigenvalue weighted by molar-refractivity contribution is -0.120. The molecule has 0 spiro atoms. The van der Waals surface area contributed by atoms with Gasteiger partial charge < -0.3 is 14.2 Å². The van der Waals surface area contributed by atoms with Crippen LogP contribution in [0.5, 0.6) is 17.2 Å². The number of ether oxygens (including phenoxy) is 3. The smallest absolute Gasteiger partial charge is 0.203 e. The van der Waals surface area contributed by atoms with Crippen molar-refractivity contribution < 1.29 is 23.8 Å². The monoisotopic (exact) mass is 376 g/mol. The summed E-state index contributed by atoms with van der Waals surface area (Å²) in [5, 5.41) is 0. The third kappa shape index (κ3) is 7.08. The van der Waals surface area contributed by atoms with Crippen LogP contribution < -0.4 is 14.2 Å². The number of rotatable bonds is 13. The van der Waals surface area contributed by atoms with Crippen LogP contribution >= 0.6 is 0 Å². The molecule has 0 bridgehead atoms. The molecule has 0 heterocycles. The van der Waals surface area contributed by atoms with E-state index in [9.17, 15) is 9.59 Å². The molecule has 0 N–H and O–H groups in total. The first-order valence-electron chi connectivity index (χ1n) is 9.80. The van der Waals surface area contributed by atoms with Gasteiger partial charge in [-0.25, -0.2) is 0 Å². The normalized spacial score (nSPS) is 11.2. The second-order valence-corrected chi connectivity index (χ2v) is 6.14. The van der Waals surface area contributed by atoms with Crippen molar-refractivity contribution >= 4 is 17.6 Å². The van der Waals surface area contributed by atoms with E-state index in [-0.39, 0.29) is 17.1 Å². The minimum atomic E-state index is -0.235. The Hall–Kier alpha value is -2.30. The number of hydrogen-bond donors (Lipinski definition) is 0. The van der Waals surface area contributed by atoms with Crippen molar-refractivity contribution in [1.82, 2.24) is 0 Å². The van der Waals surface area contributed by atoms with Crippen LogP contribution in [0.3, 0.4) is 0 Å². The van der Waals surface area contributed by atoms with Crippen LogP contribution in [0, 0.1) is 0 Å². The van der Waals surface area contributed by atoms with Gasteiger partial charge >= 0.3 is 0 Å². The van der Waals surface area contributed by atoms with Gasteiger partial charge in [-0.05, 0) is 57.9 Å². The largest absolute Gasteiger partial charge is 0.490 e. The SMILES string of the molecule is CCCCCC(=O)/C(=C/c1cc(OCC)c(OCC)c(OCC)c1)C(C)=O. The quantitative estimate of drug-likeness (QED) is 0.210. The highest BCUT2D eigenvalue weighted by Gasteiger charge is 2.18. The Morgan fingerprint density at radius 2 is 1.44 bits per heavy atom. The molecule has 1 aromatic carbocycles. The van der Waals surface area contributed by atoms with Gasteiger partial charge in [0.1, 0.15) is 0 Å². The molecule has 0 aliphatic carbocycles. The van der Waals surface area contributed by atoms with E-state index >= 15 is 0 Å². The van der Waals surface area contributed by atoms with Crippen molar-refractivity contribution in [2.24, 2.45) is 0 Å². The lowest BCUT2D eigenvalue weighted by Crippen LogP contribution is -2.10. The number of unbranched alkanes of at least 4 members (excludes halogenated alkanes) is 2. The van der Waals surface area contributed by atoms with Crippen molar-refractivity contribution in [3.63, 3.8) is 0 Å². The first-order chi connectivity index (χ1) is 13.0. The Morgan fingerprint density at radius 3 is 1.89 bits per heavy atom. The van der Waals surface area contributed by atoms with Gasteiger partial charge in [-0.2, -0.15) is 0 Å².